The van der Waals surface area contributed by atoms with Crippen LogP contribution in [-0.4, -0.2) is 17.5 Å². The van der Waals surface area contributed by atoms with E-state index in [1.54, 1.807) is 0 Å². The summed E-state index contributed by atoms with van der Waals surface area (Å²) < 4.78 is 18.3. The van der Waals surface area contributed by atoms with Crippen LogP contribution in [0.15, 0.2) is 21.8 Å². The van der Waals surface area contributed by atoms with Gasteiger partial charge in [0, 0.05) is 0 Å². The molecule has 6 heteroatoms. The molecule has 0 unspecified atom stereocenters. The molecule has 0 aliphatic rings. The second kappa shape index (κ2) is 4.61. The highest BCUT2D eigenvalue weighted by Gasteiger charge is 2.14. The average molecular weight is 282 g/mol. The number of benzene rings is 1. The molecule has 0 aromatic heterocycles. The first-order valence-electron chi connectivity index (χ1n) is 3.51. The van der Waals surface area contributed by atoms with E-state index in [1.807, 2.05) is 0 Å². The van der Waals surface area contributed by atoms with Crippen molar-refractivity contribution >= 4 is 32.7 Å². The number of rotatable bonds is 2. The number of halogens is 3. The third-order valence-electron chi connectivity index (χ3n) is 1.52. The van der Waals surface area contributed by atoms with E-state index in [2.05, 4.69) is 21.1 Å². The molecule has 0 saturated carbocycles. The van der Waals surface area contributed by atoms with E-state index in [0.29, 0.717) is 10.2 Å². The zero-order valence-corrected chi connectivity index (χ0v) is 9.43. The Hall–Kier alpha value is -0.810. The molecule has 0 fully saturated rings. The maximum absolute atomic E-state index is 13.0. The molecular formula is C8H6BrClFNO2. The Morgan fingerprint density at radius 1 is 1.64 bits per heavy atom. The molecule has 1 N–H and O–H groups in total. The van der Waals surface area contributed by atoms with Gasteiger partial charge in [0.05, 0.1) is 17.1 Å². The molecule has 0 atom stereocenters. The van der Waals surface area contributed by atoms with Crippen LogP contribution in [0.2, 0.25) is 0 Å². The lowest BCUT2D eigenvalue weighted by Crippen LogP contribution is -1.98. The summed E-state index contributed by atoms with van der Waals surface area (Å²) in [6.45, 7) is 0. The van der Waals surface area contributed by atoms with Crippen molar-refractivity contribution in [3.63, 3.8) is 0 Å². The Labute approximate surface area is 93.3 Å². The molecular weight excluding hydrogens is 276 g/mol. The Balaban J connectivity index is 3.39. The van der Waals surface area contributed by atoms with Gasteiger partial charge in [0.15, 0.2) is 5.17 Å². The highest BCUT2D eigenvalue weighted by atomic mass is 79.9. The summed E-state index contributed by atoms with van der Waals surface area (Å²) in [6.07, 6.45) is 0. The predicted octanol–water partition coefficient (Wildman–Crippen LogP) is 2.97. The van der Waals surface area contributed by atoms with Crippen LogP contribution in [0.4, 0.5) is 4.39 Å². The minimum absolute atomic E-state index is 0.184. The largest absolute Gasteiger partial charge is 0.495 e. The minimum atomic E-state index is -0.505. The fourth-order valence-corrected chi connectivity index (χ4v) is 1.71. The van der Waals surface area contributed by atoms with Crippen LogP contribution in [0.1, 0.15) is 5.56 Å². The van der Waals surface area contributed by atoms with Gasteiger partial charge in [0.2, 0.25) is 0 Å². The second-order valence-electron chi connectivity index (χ2n) is 2.36. The summed E-state index contributed by atoms with van der Waals surface area (Å²) in [6, 6.07) is 2.34. The molecule has 0 heterocycles. The first-order valence-corrected chi connectivity index (χ1v) is 4.68. The first-order chi connectivity index (χ1) is 6.60. The molecule has 0 aliphatic carbocycles. The summed E-state index contributed by atoms with van der Waals surface area (Å²) in [5, 5.41) is 11.0. The number of hydrogen-bond donors (Lipinski definition) is 1. The molecule has 1 aromatic carbocycles. The molecule has 14 heavy (non-hydrogen) atoms. The minimum Gasteiger partial charge on any atom is -0.495 e. The van der Waals surface area contributed by atoms with Crippen LogP contribution in [0.3, 0.4) is 0 Å². The highest BCUT2D eigenvalue weighted by molar-refractivity contribution is 9.10. The van der Waals surface area contributed by atoms with Crippen molar-refractivity contribution in [1.82, 2.24) is 0 Å². The smallest absolute Gasteiger partial charge is 0.179 e. The summed E-state index contributed by atoms with van der Waals surface area (Å²) in [4.78, 5) is 0. The van der Waals surface area contributed by atoms with Crippen LogP contribution in [0, 0.1) is 5.82 Å². The quantitative estimate of drug-likeness (QED) is 0.515. The zero-order chi connectivity index (χ0) is 10.7. The Bertz CT molecular complexity index is 384. The summed E-state index contributed by atoms with van der Waals surface area (Å²) in [5.41, 5.74) is 0.184. The number of methoxy groups -OCH3 is 1. The van der Waals surface area contributed by atoms with Gasteiger partial charge in [-0.1, -0.05) is 16.8 Å². The summed E-state index contributed by atoms with van der Waals surface area (Å²) in [7, 11) is 1.41. The van der Waals surface area contributed by atoms with Crippen LogP contribution < -0.4 is 4.74 Å². The number of nitrogens with zero attached hydrogens (tertiary/aromatic N) is 1. The van der Waals surface area contributed by atoms with Gasteiger partial charge in [0.1, 0.15) is 11.6 Å². The van der Waals surface area contributed by atoms with Gasteiger partial charge in [0.25, 0.3) is 0 Å². The van der Waals surface area contributed by atoms with Gasteiger partial charge in [-0.15, -0.1) is 0 Å². The predicted molar refractivity (Wildman–Crippen MR) is 54.8 cm³/mol. The van der Waals surface area contributed by atoms with Crippen LogP contribution in [-0.2, 0) is 0 Å². The third-order valence-corrected chi connectivity index (χ3v) is 2.39. The van der Waals surface area contributed by atoms with Crippen molar-refractivity contribution in [1.29, 1.82) is 0 Å². The van der Waals surface area contributed by atoms with Gasteiger partial charge in [-0.2, -0.15) is 0 Å². The van der Waals surface area contributed by atoms with E-state index in [4.69, 9.17) is 21.5 Å². The Kier molecular flexibility index (Phi) is 3.71. The molecule has 0 radical (unpaired) electrons. The lowest BCUT2D eigenvalue weighted by Gasteiger charge is -2.08. The lowest BCUT2D eigenvalue weighted by molar-refractivity contribution is 0.320. The van der Waals surface area contributed by atoms with E-state index >= 15 is 0 Å². The SMILES string of the molecule is COc1c(Br)cc(F)cc1C(Cl)=NO. The standard InChI is InChI=1S/C8H6BrClFNO2/c1-14-7-5(8(10)12-13)2-4(11)3-6(7)9/h2-3,13H,1H3. The zero-order valence-electron chi connectivity index (χ0n) is 7.09. The van der Waals surface area contributed by atoms with E-state index in [0.717, 1.165) is 6.07 Å². The summed E-state index contributed by atoms with van der Waals surface area (Å²) in [5.74, 6) is -0.191. The lowest BCUT2D eigenvalue weighted by atomic mass is 10.2. The van der Waals surface area contributed by atoms with Gasteiger partial charge >= 0.3 is 0 Å². The number of oxime groups is 1. The van der Waals surface area contributed by atoms with Crippen molar-refractivity contribution in [3.05, 3.63) is 28.0 Å². The Morgan fingerprint density at radius 3 is 2.79 bits per heavy atom. The molecule has 0 aliphatic heterocycles. The molecule has 0 amide bonds. The number of ether oxygens (including phenoxy) is 1. The molecule has 0 bridgehead atoms. The third kappa shape index (κ3) is 2.16. The van der Waals surface area contributed by atoms with E-state index < -0.39 is 5.82 Å². The molecule has 76 valence electrons. The number of hydrogen-bond acceptors (Lipinski definition) is 3. The van der Waals surface area contributed by atoms with Crippen molar-refractivity contribution in [2.45, 2.75) is 0 Å². The second-order valence-corrected chi connectivity index (χ2v) is 3.57. The van der Waals surface area contributed by atoms with Crippen molar-refractivity contribution < 1.29 is 14.3 Å². The topological polar surface area (TPSA) is 41.8 Å². The maximum atomic E-state index is 13.0. The van der Waals surface area contributed by atoms with Gasteiger partial charge in [-0.25, -0.2) is 4.39 Å². The van der Waals surface area contributed by atoms with Gasteiger partial charge in [-0.05, 0) is 28.1 Å². The first kappa shape index (κ1) is 11.3. The van der Waals surface area contributed by atoms with Crippen molar-refractivity contribution in [2.75, 3.05) is 7.11 Å². The van der Waals surface area contributed by atoms with Crippen molar-refractivity contribution in [3.8, 4) is 5.75 Å². The monoisotopic (exact) mass is 281 g/mol. The van der Waals surface area contributed by atoms with E-state index in [-0.39, 0.29) is 10.7 Å². The van der Waals surface area contributed by atoms with Crippen LogP contribution in [0.5, 0.6) is 5.75 Å². The van der Waals surface area contributed by atoms with E-state index in [9.17, 15) is 4.39 Å². The molecule has 3 nitrogen and oxygen atoms in total. The van der Waals surface area contributed by atoms with Crippen LogP contribution >= 0.6 is 27.5 Å². The van der Waals surface area contributed by atoms with Crippen molar-refractivity contribution in [2.24, 2.45) is 5.16 Å². The summed E-state index contributed by atoms with van der Waals surface area (Å²) >= 11 is 8.65. The van der Waals surface area contributed by atoms with Gasteiger partial charge in [-0.3, -0.25) is 0 Å². The molecule has 0 spiro atoms. The molecule has 0 saturated heterocycles. The van der Waals surface area contributed by atoms with E-state index in [1.165, 1.54) is 13.2 Å². The molecule has 1 rings (SSSR count). The normalized spacial score (nSPS) is 11.6. The molecule has 1 aromatic rings. The van der Waals surface area contributed by atoms with Crippen LogP contribution in [0.25, 0.3) is 0 Å². The fourth-order valence-electron chi connectivity index (χ4n) is 0.975. The maximum Gasteiger partial charge on any atom is 0.179 e. The highest BCUT2D eigenvalue weighted by Crippen LogP contribution is 2.31. The Morgan fingerprint density at radius 2 is 2.29 bits per heavy atom. The average Bonchev–Trinajstić information content (AvgIpc) is 2.15. The van der Waals surface area contributed by atoms with Gasteiger partial charge < -0.3 is 9.94 Å². The fraction of sp³-hybridized carbons (Fsp3) is 0.125.